The molecular formula is C16H19N3O5. The fourth-order valence-electron chi connectivity index (χ4n) is 2.42. The first kappa shape index (κ1) is 17.5. The summed E-state index contributed by atoms with van der Waals surface area (Å²) in [6.45, 7) is 5.29. The first-order valence-electron chi connectivity index (χ1n) is 7.56. The first-order chi connectivity index (χ1) is 11.3. The van der Waals surface area contributed by atoms with E-state index in [9.17, 15) is 19.2 Å². The Balaban J connectivity index is 2.44. The number of amides is 1. The third-order valence-electron chi connectivity index (χ3n) is 3.78. The van der Waals surface area contributed by atoms with Gasteiger partial charge in [0.05, 0.1) is 10.9 Å². The van der Waals surface area contributed by atoms with Gasteiger partial charge in [-0.05, 0) is 31.0 Å². The number of rotatable bonds is 5. The van der Waals surface area contributed by atoms with Crippen LogP contribution in [0.2, 0.25) is 0 Å². The Morgan fingerprint density at radius 3 is 2.50 bits per heavy atom. The molecule has 0 fully saturated rings. The summed E-state index contributed by atoms with van der Waals surface area (Å²) in [4.78, 5) is 50.0. The molecule has 1 heterocycles. The quantitative estimate of drug-likeness (QED) is 0.738. The molecule has 0 spiro atoms. The molecule has 1 amide bonds. The number of H-pyrrole nitrogens is 1. The van der Waals surface area contributed by atoms with Crippen LogP contribution in [0.15, 0.2) is 27.8 Å². The van der Waals surface area contributed by atoms with Crippen molar-refractivity contribution in [2.45, 2.75) is 33.4 Å². The molecule has 0 saturated carbocycles. The van der Waals surface area contributed by atoms with E-state index in [2.05, 4.69) is 10.3 Å². The number of carboxylic acids is 1. The Bertz CT molecular complexity index is 910. The molecule has 1 aromatic carbocycles. The van der Waals surface area contributed by atoms with Crippen LogP contribution < -0.4 is 16.6 Å². The summed E-state index contributed by atoms with van der Waals surface area (Å²) in [6, 6.07) is 3.21. The SMILES string of the molecule is CCn1c(=O)[nH]c2cc(C(=O)N[C@@H](C(=O)O)C(C)C)ccc2c1=O. The molecule has 0 bridgehead atoms. The van der Waals surface area contributed by atoms with Gasteiger partial charge in [0, 0.05) is 12.1 Å². The highest BCUT2D eigenvalue weighted by molar-refractivity contribution is 5.99. The number of nitrogens with zero attached hydrogens (tertiary/aromatic N) is 1. The van der Waals surface area contributed by atoms with E-state index >= 15 is 0 Å². The molecule has 0 aliphatic heterocycles. The van der Waals surface area contributed by atoms with Crippen LogP contribution in [-0.2, 0) is 11.3 Å². The second-order valence-electron chi connectivity index (χ2n) is 5.77. The van der Waals surface area contributed by atoms with Gasteiger partial charge >= 0.3 is 11.7 Å². The maximum Gasteiger partial charge on any atom is 0.328 e. The van der Waals surface area contributed by atoms with Gasteiger partial charge in [-0.3, -0.25) is 14.2 Å². The van der Waals surface area contributed by atoms with Crippen molar-refractivity contribution in [3.05, 3.63) is 44.6 Å². The molecule has 24 heavy (non-hydrogen) atoms. The van der Waals surface area contributed by atoms with Gasteiger partial charge in [0.1, 0.15) is 6.04 Å². The van der Waals surface area contributed by atoms with Crippen molar-refractivity contribution in [2.24, 2.45) is 5.92 Å². The smallest absolute Gasteiger partial charge is 0.328 e. The third-order valence-corrected chi connectivity index (χ3v) is 3.78. The molecule has 0 aliphatic rings. The van der Waals surface area contributed by atoms with Gasteiger partial charge in [-0.15, -0.1) is 0 Å². The summed E-state index contributed by atoms with van der Waals surface area (Å²) in [6.07, 6.45) is 0. The Labute approximate surface area is 137 Å². The number of nitrogens with one attached hydrogen (secondary N) is 2. The molecule has 0 radical (unpaired) electrons. The number of carbonyl (C=O) groups excluding carboxylic acids is 1. The monoisotopic (exact) mass is 333 g/mol. The number of carboxylic acid groups (broad SMARTS) is 1. The fraction of sp³-hybridized carbons (Fsp3) is 0.375. The second-order valence-corrected chi connectivity index (χ2v) is 5.77. The van der Waals surface area contributed by atoms with Crippen molar-refractivity contribution in [1.82, 2.24) is 14.9 Å². The molecule has 0 saturated heterocycles. The van der Waals surface area contributed by atoms with E-state index in [4.69, 9.17) is 5.11 Å². The van der Waals surface area contributed by atoms with Crippen LogP contribution in [0.25, 0.3) is 10.9 Å². The second kappa shape index (κ2) is 6.69. The van der Waals surface area contributed by atoms with Gasteiger partial charge in [0.2, 0.25) is 0 Å². The van der Waals surface area contributed by atoms with Crippen molar-refractivity contribution < 1.29 is 14.7 Å². The minimum atomic E-state index is -1.13. The van der Waals surface area contributed by atoms with Crippen LogP contribution >= 0.6 is 0 Å². The van der Waals surface area contributed by atoms with Crippen molar-refractivity contribution in [3.8, 4) is 0 Å². The Morgan fingerprint density at radius 2 is 1.96 bits per heavy atom. The molecule has 0 aliphatic carbocycles. The maximum atomic E-state index is 12.3. The lowest BCUT2D eigenvalue weighted by molar-refractivity contribution is -0.140. The lowest BCUT2D eigenvalue weighted by Crippen LogP contribution is -2.44. The molecule has 2 aromatic rings. The van der Waals surface area contributed by atoms with Crippen molar-refractivity contribution in [3.63, 3.8) is 0 Å². The Hall–Kier alpha value is -2.90. The standard InChI is InChI=1S/C16H19N3O5/c1-4-19-14(21)10-6-5-9(7-11(10)17-16(19)24)13(20)18-12(8(2)3)15(22)23/h5-8,12H,4H2,1-3H3,(H,17,24)(H,18,20)(H,22,23)/t12-/m1/s1. The number of aromatic nitrogens is 2. The molecule has 0 unspecified atom stereocenters. The number of aliphatic carboxylic acids is 1. The number of fused-ring (bicyclic) bond motifs is 1. The molecule has 1 atom stereocenters. The van der Waals surface area contributed by atoms with Crippen molar-refractivity contribution >= 4 is 22.8 Å². The molecule has 8 heteroatoms. The average Bonchev–Trinajstić information content (AvgIpc) is 2.51. The topological polar surface area (TPSA) is 121 Å². The number of benzene rings is 1. The van der Waals surface area contributed by atoms with Crippen LogP contribution in [0.4, 0.5) is 0 Å². The summed E-state index contributed by atoms with van der Waals surface area (Å²) in [5.74, 6) is -2.00. The highest BCUT2D eigenvalue weighted by atomic mass is 16.4. The van der Waals surface area contributed by atoms with Gasteiger partial charge in [-0.2, -0.15) is 0 Å². The lowest BCUT2D eigenvalue weighted by atomic mass is 10.0. The third kappa shape index (κ3) is 3.22. The molecule has 8 nitrogen and oxygen atoms in total. The van der Waals surface area contributed by atoms with Crippen molar-refractivity contribution in [1.29, 1.82) is 0 Å². The zero-order chi connectivity index (χ0) is 18.0. The highest BCUT2D eigenvalue weighted by Gasteiger charge is 2.24. The fourth-order valence-corrected chi connectivity index (χ4v) is 2.42. The summed E-state index contributed by atoms with van der Waals surface area (Å²) < 4.78 is 1.06. The molecular weight excluding hydrogens is 314 g/mol. The summed E-state index contributed by atoms with van der Waals surface area (Å²) >= 11 is 0. The van der Waals surface area contributed by atoms with E-state index in [0.717, 1.165) is 4.57 Å². The van der Waals surface area contributed by atoms with Gasteiger partial charge < -0.3 is 15.4 Å². The van der Waals surface area contributed by atoms with E-state index in [1.807, 2.05) is 0 Å². The van der Waals surface area contributed by atoms with E-state index in [1.54, 1.807) is 20.8 Å². The largest absolute Gasteiger partial charge is 0.480 e. The van der Waals surface area contributed by atoms with E-state index in [-0.39, 0.29) is 28.9 Å². The van der Waals surface area contributed by atoms with E-state index in [1.165, 1.54) is 18.2 Å². The zero-order valence-electron chi connectivity index (χ0n) is 13.6. The van der Waals surface area contributed by atoms with Gasteiger partial charge in [-0.1, -0.05) is 13.8 Å². The van der Waals surface area contributed by atoms with Crippen LogP contribution in [-0.4, -0.2) is 32.6 Å². The highest BCUT2D eigenvalue weighted by Crippen LogP contribution is 2.11. The number of hydrogen-bond donors (Lipinski definition) is 3. The number of aromatic amines is 1. The number of carbonyl (C=O) groups is 2. The normalized spacial score (nSPS) is 12.3. The average molecular weight is 333 g/mol. The van der Waals surface area contributed by atoms with Crippen molar-refractivity contribution in [2.75, 3.05) is 0 Å². The predicted molar refractivity (Wildman–Crippen MR) is 88.2 cm³/mol. The van der Waals surface area contributed by atoms with Crippen LogP contribution in [0.3, 0.4) is 0 Å². The van der Waals surface area contributed by atoms with Crippen LogP contribution in [0.5, 0.6) is 0 Å². The predicted octanol–water partition coefficient (Wildman–Crippen LogP) is 0.549. The maximum absolute atomic E-state index is 12.3. The lowest BCUT2D eigenvalue weighted by Gasteiger charge is -2.18. The van der Waals surface area contributed by atoms with E-state index in [0.29, 0.717) is 0 Å². The minimum Gasteiger partial charge on any atom is -0.480 e. The molecule has 128 valence electrons. The number of hydrogen-bond acceptors (Lipinski definition) is 4. The van der Waals surface area contributed by atoms with Crippen LogP contribution in [0.1, 0.15) is 31.1 Å². The van der Waals surface area contributed by atoms with Gasteiger partial charge in [0.15, 0.2) is 0 Å². The molecule has 1 aromatic heterocycles. The first-order valence-corrected chi connectivity index (χ1v) is 7.56. The zero-order valence-corrected chi connectivity index (χ0v) is 13.6. The Kier molecular flexibility index (Phi) is 4.87. The van der Waals surface area contributed by atoms with Gasteiger partial charge in [-0.25, -0.2) is 9.59 Å². The Morgan fingerprint density at radius 1 is 1.29 bits per heavy atom. The van der Waals surface area contributed by atoms with Crippen LogP contribution in [0, 0.1) is 5.92 Å². The summed E-state index contributed by atoms with van der Waals surface area (Å²) in [5, 5.41) is 11.9. The minimum absolute atomic E-state index is 0.165. The van der Waals surface area contributed by atoms with Gasteiger partial charge in [0.25, 0.3) is 11.5 Å². The summed E-state index contributed by atoms with van der Waals surface area (Å²) in [5.41, 5.74) is -0.593. The molecule has 3 N–H and O–H groups in total. The molecule has 2 rings (SSSR count). The van der Waals surface area contributed by atoms with E-state index < -0.39 is 29.2 Å². The summed E-state index contributed by atoms with van der Waals surface area (Å²) in [7, 11) is 0.